The van der Waals surface area contributed by atoms with Crippen LogP contribution >= 0.6 is 0 Å². The van der Waals surface area contributed by atoms with E-state index in [2.05, 4.69) is 28.6 Å². The SMILES string of the molecule is C1=CN2CCNCC3=CCCC(=C32)C1C1CC1. The molecular formula is C15H20N2. The Morgan fingerprint density at radius 2 is 2.24 bits per heavy atom. The van der Waals surface area contributed by atoms with Gasteiger partial charge < -0.3 is 10.2 Å². The second-order valence-electron chi connectivity index (χ2n) is 5.72. The predicted octanol–water partition coefficient (Wildman–Crippen LogP) is 2.42. The largest absolute Gasteiger partial charge is 0.347 e. The fourth-order valence-corrected chi connectivity index (χ4v) is 3.57. The second kappa shape index (κ2) is 3.74. The van der Waals surface area contributed by atoms with Gasteiger partial charge >= 0.3 is 0 Å². The summed E-state index contributed by atoms with van der Waals surface area (Å²) in [5.41, 5.74) is 4.88. The monoisotopic (exact) mass is 228 g/mol. The summed E-state index contributed by atoms with van der Waals surface area (Å²) in [5.74, 6) is 1.73. The Balaban J connectivity index is 1.78. The van der Waals surface area contributed by atoms with Crippen molar-refractivity contribution in [3.8, 4) is 0 Å². The molecule has 1 atom stereocenters. The molecule has 2 aliphatic carbocycles. The zero-order valence-corrected chi connectivity index (χ0v) is 10.3. The Morgan fingerprint density at radius 1 is 1.29 bits per heavy atom. The molecule has 1 unspecified atom stereocenters. The van der Waals surface area contributed by atoms with Crippen LogP contribution < -0.4 is 5.32 Å². The second-order valence-corrected chi connectivity index (χ2v) is 5.72. The molecule has 90 valence electrons. The Hall–Kier alpha value is -1.02. The summed E-state index contributed by atoms with van der Waals surface area (Å²) in [5, 5.41) is 3.54. The van der Waals surface area contributed by atoms with Crippen LogP contribution in [0.4, 0.5) is 0 Å². The Labute approximate surface area is 103 Å². The van der Waals surface area contributed by atoms with E-state index in [1.165, 1.54) is 25.7 Å². The summed E-state index contributed by atoms with van der Waals surface area (Å²) in [7, 11) is 0. The number of rotatable bonds is 1. The van der Waals surface area contributed by atoms with Gasteiger partial charge in [0.05, 0.1) is 0 Å². The molecule has 17 heavy (non-hydrogen) atoms. The average Bonchev–Trinajstić information content (AvgIpc) is 3.18. The van der Waals surface area contributed by atoms with Crippen LogP contribution in [0.2, 0.25) is 0 Å². The van der Waals surface area contributed by atoms with Crippen molar-refractivity contribution in [1.29, 1.82) is 0 Å². The van der Waals surface area contributed by atoms with Gasteiger partial charge in [0.25, 0.3) is 0 Å². The lowest BCUT2D eigenvalue weighted by Crippen LogP contribution is -2.28. The third-order valence-corrected chi connectivity index (χ3v) is 4.55. The molecule has 0 spiro atoms. The van der Waals surface area contributed by atoms with Crippen LogP contribution in [0.15, 0.2) is 35.2 Å². The molecule has 0 aromatic heterocycles. The van der Waals surface area contributed by atoms with E-state index in [1.807, 2.05) is 0 Å². The standard InChI is InChI=1S/C15H20N2/c1-2-12-10-16-7-9-17-8-6-13(11-4-5-11)14(3-1)15(12)17/h2,6,8,11,13,16H,1,3-5,7,9-10H2. The van der Waals surface area contributed by atoms with Crippen LogP contribution in [0, 0.1) is 11.8 Å². The fraction of sp³-hybridized carbons (Fsp3) is 0.600. The van der Waals surface area contributed by atoms with Gasteiger partial charge in [-0.15, -0.1) is 0 Å². The molecule has 2 fully saturated rings. The fourth-order valence-electron chi connectivity index (χ4n) is 3.57. The van der Waals surface area contributed by atoms with Gasteiger partial charge in [-0.2, -0.15) is 0 Å². The van der Waals surface area contributed by atoms with Crippen molar-refractivity contribution in [2.45, 2.75) is 25.7 Å². The Bertz CT molecular complexity index is 426. The van der Waals surface area contributed by atoms with Gasteiger partial charge in [0.15, 0.2) is 0 Å². The highest BCUT2D eigenvalue weighted by atomic mass is 15.2. The van der Waals surface area contributed by atoms with Crippen LogP contribution in [0.5, 0.6) is 0 Å². The van der Waals surface area contributed by atoms with Gasteiger partial charge in [-0.3, -0.25) is 0 Å². The van der Waals surface area contributed by atoms with Gasteiger partial charge in [0, 0.05) is 37.4 Å². The van der Waals surface area contributed by atoms with E-state index < -0.39 is 0 Å². The lowest BCUT2D eigenvalue weighted by molar-refractivity contribution is 0.436. The summed E-state index contributed by atoms with van der Waals surface area (Å²) in [6.45, 7) is 3.30. The van der Waals surface area contributed by atoms with Crippen LogP contribution in [0.1, 0.15) is 25.7 Å². The molecule has 2 heterocycles. The van der Waals surface area contributed by atoms with Crippen molar-refractivity contribution < 1.29 is 0 Å². The number of hydrogen-bond donors (Lipinski definition) is 1. The van der Waals surface area contributed by atoms with Crippen molar-refractivity contribution in [3.63, 3.8) is 0 Å². The molecule has 1 saturated heterocycles. The van der Waals surface area contributed by atoms with E-state index in [-0.39, 0.29) is 0 Å². The molecule has 1 N–H and O–H groups in total. The summed E-state index contributed by atoms with van der Waals surface area (Å²) >= 11 is 0. The van der Waals surface area contributed by atoms with Gasteiger partial charge in [0.2, 0.25) is 0 Å². The minimum absolute atomic E-state index is 0.767. The van der Waals surface area contributed by atoms with Crippen molar-refractivity contribution in [3.05, 3.63) is 35.2 Å². The molecule has 2 heteroatoms. The highest BCUT2D eigenvalue weighted by Crippen LogP contribution is 2.47. The lowest BCUT2D eigenvalue weighted by Gasteiger charge is -2.35. The zero-order valence-electron chi connectivity index (χ0n) is 10.3. The highest BCUT2D eigenvalue weighted by Gasteiger charge is 2.37. The van der Waals surface area contributed by atoms with E-state index in [0.29, 0.717) is 0 Å². The zero-order chi connectivity index (χ0) is 11.2. The first-order chi connectivity index (χ1) is 8.43. The Morgan fingerprint density at radius 3 is 3.12 bits per heavy atom. The maximum Gasteiger partial charge on any atom is 0.0446 e. The topological polar surface area (TPSA) is 15.3 Å². The van der Waals surface area contributed by atoms with Crippen molar-refractivity contribution >= 4 is 0 Å². The maximum absolute atomic E-state index is 3.54. The lowest BCUT2D eigenvalue weighted by atomic mass is 9.82. The third kappa shape index (κ3) is 1.58. The first kappa shape index (κ1) is 9.95. The van der Waals surface area contributed by atoms with E-state index in [0.717, 1.165) is 31.5 Å². The molecule has 0 bridgehead atoms. The van der Waals surface area contributed by atoms with Crippen LogP contribution in [0.25, 0.3) is 0 Å². The van der Waals surface area contributed by atoms with E-state index in [4.69, 9.17) is 0 Å². The highest BCUT2D eigenvalue weighted by molar-refractivity contribution is 5.45. The first-order valence-electron chi connectivity index (χ1n) is 7.01. The minimum atomic E-state index is 0.767. The van der Waals surface area contributed by atoms with Crippen LogP contribution in [-0.4, -0.2) is 24.5 Å². The van der Waals surface area contributed by atoms with Crippen LogP contribution in [-0.2, 0) is 0 Å². The summed E-state index contributed by atoms with van der Waals surface area (Å²) in [6.07, 6.45) is 12.7. The van der Waals surface area contributed by atoms with Gasteiger partial charge in [-0.25, -0.2) is 0 Å². The number of allylic oxidation sites excluding steroid dienone is 3. The van der Waals surface area contributed by atoms with E-state index in [9.17, 15) is 0 Å². The summed E-state index contributed by atoms with van der Waals surface area (Å²) in [4.78, 5) is 2.49. The number of nitrogens with zero attached hydrogens (tertiary/aromatic N) is 1. The smallest absolute Gasteiger partial charge is 0.0446 e. The molecule has 1 saturated carbocycles. The van der Waals surface area contributed by atoms with E-state index in [1.54, 1.807) is 16.8 Å². The minimum Gasteiger partial charge on any atom is -0.347 e. The maximum atomic E-state index is 3.54. The van der Waals surface area contributed by atoms with Crippen molar-refractivity contribution in [2.24, 2.45) is 11.8 Å². The molecule has 4 rings (SSSR count). The third-order valence-electron chi connectivity index (χ3n) is 4.55. The number of hydrogen-bond acceptors (Lipinski definition) is 2. The molecule has 0 aromatic carbocycles. The summed E-state index contributed by atoms with van der Waals surface area (Å²) < 4.78 is 0. The predicted molar refractivity (Wildman–Crippen MR) is 69.3 cm³/mol. The average molecular weight is 228 g/mol. The number of nitrogens with one attached hydrogen (secondary N) is 1. The molecule has 0 amide bonds. The first-order valence-corrected chi connectivity index (χ1v) is 7.01. The van der Waals surface area contributed by atoms with Gasteiger partial charge in [-0.1, -0.05) is 12.2 Å². The van der Waals surface area contributed by atoms with Gasteiger partial charge in [0.1, 0.15) is 0 Å². The van der Waals surface area contributed by atoms with Crippen LogP contribution in [0.3, 0.4) is 0 Å². The van der Waals surface area contributed by atoms with Gasteiger partial charge in [-0.05, 0) is 42.7 Å². The molecule has 2 aliphatic heterocycles. The molecule has 0 radical (unpaired) electrons. The molecular weight excluding hydrogens is 208 g/mol. The van der Waals surface area contributed by atoms with E-state index >= 15 is 0 Å². The Kier molecular flexibility index (Phi) is 2.19. The molecule has 4 aliphatic rings. The summed E-state index contributed by atoms with van der Waals surface area (Å²) in [6, 6.07) is 0. The molecule has 2 nitrogen and oxygen atoms in total. The van der Waals surface area contributed by atoms with Crippen molar-refractivity contribution in [1.82, 2.24) is 10.2 Å². The quantitative estimate of drug-likeness (QED) is 0.741. The molecule has 0 aromatic rings. The van der Waals surface area contributed by atoms with Crippen molar-refractivity contribution in [2.75, 3.05) is 19.6 Å². The normalized spacial score (nSPS) is 32.1.